The zero-order valence-corrected chi connectivity index (χ0v) is 7.79. The molecule has 0 bridgehead atoms. The number of hydrogen-bond acceptors (Lipinski definition) is 3. The van der Waals surface area contributed by atoms with Gasteiger partial charge >= 0.3 is 6.03 Å². The van der Waals surface area contributed by atoms with Gasteiger partial charge in [-0.1, -0.05) is 5.16 Å². The van der Waals surface area contributed by atoms with Crippen LogP contribution in [0.2, 0.25) is 0 Å². The van der Waals surface area contributed by atoms with Crippen molar-refractivity contribution in [1.29, 1.82) is 0 Å². The van der Waals surface area contributed by atoms with Crippen molar-refractivity contribution in [2.75, 3.05) is 6.54 Å². The summed E-state index contributed by atoms with van der Waals surface area (Å²) < 4.78 is 0. The molecule has 0 radical (unpaired) electrons. The van der Waals surface area contributed by atoms with Crippen molar-refractivity contribution in [1.82, 2.24) is 10.6 Å². The van der Waals surface area contributed by atoms with Gasteiger partial charge in [-0.25, -0.2) is 4.79 Å². The van der Waals surface area contributed by atoms with Crippen LogP contribution in [0.3, 0.4) is 0 Å². The number of oxime groups is 1. The number of carbonyl (C=O) groups is 1. The highest BCUT2D eigenvalue weighted by atomic mass is 16.4. The first-order valence-electron chi connectivity index (χ1n) is 4.76. The highest BCUT2D eigenvalue weighted by Crippen LogP contribution is 2.28. The van der Waals surface area contributed by atoms with Crippen LogP contribution >= 0.6 is 0 Å². The molecule has 2 amide bonds. The van der Waals surface area contributed by atoms with Crippen molar-refractivity contribution >= 4 is 12.2 Å². The summed E-state index contributed by atoms with van der Waals surface area (Å²) in [6.07, 6.45) is 4.45. The van der Waals surface area contributed by atoms with Gasteiger partial charge in [-0.15, -0.1) is 0 Å². The van der Waals surface area contributed by atoms with Crippen LogP contribution in [-0.4, -0.2) is 24.0 Å². The fourth-order valence-corrected chi connectivity index (χ4v) is 2.05. The lowest BCUT2D eigenvalue weighted by atomic mass is 9.86. The van der Waals surface area contributed by atoms with E-state index in [0.717, 1.165) is 30.5 Å². The van der Waals surface area contributed by atoms with Crippen molar-refractivity contribution < 1.29 is 10.0 Å². The largest absolute Gasteiger partial charge is 0.411 e. The first-order valence-corrected chi connectivity index (χ1v) is 4.76. The maximum absolute atomic E-state index is 11.1. The Bertz CT molecular complexity index is 309. The molecule has 2 rings (SSSR count). The average Bonchev–Trinajstić information content (AvgIpc) is 2.19. The van der Waals surface area contributed by atoms with Gasteiger partial charge < -0.3 is 15.8 Å². The van der Waals surface area contributed by atoms with Gasteiger partial charge in [0.15, 0.2) is 0 Å². The molecule has 76 valence electrons. The summed E-state index contributed by atoms with van der Waals surface area (Å²) in [6, 6.07) is -0.165. The van der Waals surface area contributed by atoms with Crippen LogP contribution in [0.4, 0.5) is 4.79 Å². The van der Waals surface area contributed by atoms with E-state index in [1.165, 1.54) is 6.21 Å². The molecular formula is C9H13N3O2. The van der Waals surface area contributed by atoms with E-state index in [-0.39, 0.29) is 6.03 Å². The van der Waals surface area contributed by atoms with Crippen LogP contribution in [0.25, 0.3) is 0 Å². The number of hydrogen-bond donors (Lipinski definition) is 3. The molecule has 0 aromatic rings. The van der Waals surface area contributed by atoms with Crippen LogP contribution in [0.5, 0.6) is 0 Å². The molecule has 14 heavy (non-hydrogen) atoms. The predicted octanol–water partition coefficient (Wildman–Crippen LogP) is 0.813. The fraction of sp³-hybridized carbons (Fsp3) is 0.556. The lowest BCUT2D eigenvalue weighted by Crippen LogP contribution is -2.48. The van der Waals surface area contributed by atoms with Gasteiger partial charge in [0.1, 0.15) is 0 Å². The van der Waals surface area contributed by atoms with Gasteiger partial charge in [0.2, 0.25) is 0 Å². The van der Waals surface area contributed by atoms with Gasteiger partial charge in [-0.05, 0) is 24.8 Å². The molecule has 3 N–H and O–H groups in total. The third-order valence-corrected chi connectivity index (χ3v) is 2.72. The normalized spacial score (nSPS) is 27.1. The van der Waals surface area contributed by atoms with E-state index in [4.69, 9.17) is 5.21 Å². The Morgan fingerprint density at radius 1 is 1.57 bits per heavy atom. The van der Waals surface area contributed by atoms with Crippen molar-refractivity contribution in [3.63, 3.8) is 0 Å². The number of amides is 2. The number of allylic oxidation sites excluding steroid dienone is 1. The third-order valence-electron chi connectivity index (χ3n) is 2.72. The van der Waals surface area contributed by atoms with Crippen LogP contribution in [0, 0.1) is 5.92 Å². The molecule has 0 aromatic heterocycles. The molecule has 5 nitrogen and oxygen atoms in total. The summed E-state index contributed by atoms with van der Waals surface area (Å²) >= 11 is 0. The van der Waals surface area contributed by atoms with E-state index in [1.807, 2.05) is 0 Å². The minimum absolute atomic E-state index is 0.165. The molecular weight excluding hydrogens is 182 g/mol. The molecule has 1 saturated heterocycles. The number of urea groups is 1. The first-order chi connectivity index (χ1) is 6.81. The second kappa shape index (κ2) is 3.69. The van der Waals surface area contributed by atoms with E-state index < -0.39 is 0 Å². The van der Waals surface area contributed by atoms with Crippen molar-refractivity contribution in [2.24, 2.45) is 11.1 Å². The third kappa shape index (κ3) is 1.57. The van der Waals surface area contributed by atoms with E-state index in [0.29, 0.717) is 12.5 Å². The Balaban J connectivity index is 2.28. The lowest BCUT2D eigenvalue weighted by Gasteiger charge is -2.31. The standard InChI is InChI=1S/C9H13N3O2/c13-9-10-4-6-2-1-3-7(5-11-14)8(6)12-9/h5-6,14H,1-4H2,(H2,10,12,13)/b11-5+. The molecule has 1 heterocycles. The van der Waals surface area contributed by atoms with Crippen LogP contribution in [0.15, 0.2) is 16.4 Å². The van der Waals surface area contributed by atoms with Gasteiger partial charge in [-0.2, -0.15) is 0 Å². The highest BCUT2D eigenvalue weighted by Gasteiger charge is 2.27. The van der Waals surface area contributed by atoms with E-state index in [9.17, 15) is 4.79 Å². The number of rotatable bonds is 1. The lowest BCUT2D eigenvalue weighted by molar-refractivity contribution is 0.233. The minimum atomic E-state index is -0.165. The van der Waals surface area contributed by atoms with Crippen LogP contribution < -0.4 is 10.6 Å². The average molecular weight is 195 g/mol. The van der Waals surface area contributed by atoms with E-state index in [1.54, 1.807) is 0 Å². The predicted molar refractivity (Wildman–Crippen MR) is 51.2 cm³/mol. The maximum Gasteiger partial charge on any atom is 0.319 e. The van der Waals surface area contributed by atoms with Crippen LogP contribution in [-0.2, 0) is 0 Å². The Kier molecular flexibility index (Phi) is 2.39. The maximum atomic E-state index is 11.1. The zero-order valence-electron chi connectivity index (χ0n) is 7.79. The summed E-state index contributed by atoms with van der Waals surface area (Å²) in [5.74, 6) is 0.356. The van der Waals surface area contributed by atoms with Crippen LogP contribution in [0.1, 0.15) is 19.3 Å². The van der Waals surface area contributed by atoms with Crippen molar-refractivity contribution in [3.05, 3.63) is 11.3 Å². The molecule has 1 aliphatic heterocycles. The van der Waals surface area contributed by atoms with Gasteiger partial charge in [-0.3, -0.25) is 0 Å². The molecule has 1 fully saturated rings. The monoisotopic (exact) mass is 195 g/mol. The molecule has 1 aliphatic carbocycles. The molecule has 0 aromatic carbocycles. The van der Waals surface area contributed by atoms with Crippen molar-refractivity contribution in [3.8, 4) is 0 Å². The molecule has 0 spiro atoms. The second-order valence-corrected chi connectivity index (χ2v) is 3.61. The van der Waals surface area contributed by atoms with E-state index in [2.05, 4.69) is 15.8 Å². The van der Waals surface area contributed by atoms with Gasteiger partial charge in [0.05, 0.1) is 6.21 Å². The molecule has 5 heteroatoms. The molecule has 1 atom stereocenters. The minimum Gasteiger partial charge on any atom is -0.411 e. The quantitative estimate of drug-likeness (QED) is 0.329. The van der Waals surface area contributed by atoms with Gasteiger partial charge in [0, 0.05) is 18.2 Å². The Hall–Kier alpha value is -1.52. The summed E-state index contributed by atoms with van der Waals surface area (Å²) in [7, 11) is 0. The Labute approximate surface area is 81.9 Å². The number of nitrogens with zero attached hydrogens (tertiary/aromatic N) is 1. The summed E-state index contributed by atoms with van der Waals surface area (Å²) in [5, 5.41) is 17.0. The smallest absolute Gasteiger partial charge is 0.319 e. The van der Waals surface area contributed by atoms with E-state index >= 15 is 0 Å². The number of carbonyl (C=O) groups excluding carboxylic acids is 1. The first kappa shape index (κ1) is 9.05. The highest BCUT2D eigenvalue weighted by molar-refractivity contribution is 5.84. The second-order valence-electron chi connectivity index (χ2n) is 3.61. The summed E-state index contributed by atoms with van der Waals surface area (Å²) in [6.45, 7) is 0.684. The zero-order chi connectivity index (χ0) is 9.97. The fourth-order valence-electron chi connectivity index (χ4n) is 2.05. The molecule has 2 aliphatic rings. The Morgan fingerprint density at radius 3 is 3.21 bits per heavy atom. The number of nitrogens with one attached hydrogen (secondary N) is 2. The summed E-state index contributed by atoms with van der Waals surface area (Å²) in [4.78, 5) is 11.1. The van der Waals surface area contributed by atoms with Crippen molar-refractivity contribution in [2.45, 2.75) is 19.3 Å². The number of fused-ring (bicyclic) bond motifs is 1. The SMILES string of the molecule is O=C1NCC2CCCC(/C=N/O)=C2N1. The van der Waals surface area contributed by atoms with Gasteiger partial charge in [0.25, 0.3) is 0 Å². The Morgan fingerprint density at radius 2 is 2.43 bits per heavy atom. The molecule has 0 saturated carbocycles. The summed E-state index contributed by atoms with van der Waals surface area (Å²) in [5.41, 5.74) is 1.87. The topological polar surface area (TPSA) is 73.7 Å². The molecule has 1 unspecified atom stereocenters.